The molecule has 1 atom stereocenters. The Hall–Kier alpha value is -1.76. The van der Waals surface area contributed by atoms with E-state index in [2.05, 4.69) is 5.32 Å². The van der Waals surface area contributed by atoms with Gasteiger partial charge in [0.15, 0.2) is 0 Å². The number of ether oxygens (including phenoxy) is 1. The quantitative estimate of drug-likeness (QED) is 0.880. The van der Waals surface area contributed by atoms with Gasteiger partial charge < -0.3 is 15.2 Å². The van der Waals surface area contributed by atoms with Crippen LogP contribution in [0.2, 0.25) is 0 Å². The molecule has 2 aromatic carbocycles. The average molecular weight is 336 g/mol. The fourth-order valence-electron chi connectivity index (χ4n) is 3.43. The Morgan fingerprint density at radius 3 is 2.46 bits per heavy atom. The monoisotopic (exact) mass is 336 g/mol. The highest BCUT2D eigenvalue weighted by atomic mass is 19.3. The molecule has 0 amide bonds. The molecule has 1 fully saturated rings. The Balaban J connectivity index is 2.16. The van der Waals surface area contributed by atoms with Crippen molar-refractivity contribution in [2.24, 2.45) is 0 Å². The van der Waals surface area contributed by atoms with Crippen LogP contribution < -0.4 is 10.1 Å². The maximum Gasteiger partial charge on any atom is 0.289 e. The van der Waals surface area contributed by atoms with Crippen LogP contribution in [0.3, 0.4) is 0 Å². The molecular formula is C18H22F2N2O2. The zero-order chi connectivity index (χ0) is 17.2. The van der Waals surface area contributed by atoms with Crippen LogP contribution >= 0.6 is 0 Å². The molecule has 6 heteroatoms. The second kappa shape index (κ2) is 7.01. The third-order valence-corrected chi connectivity index (χ3v) is 4.56. The Labute approximate surface area is 140 Å². The van der Waals surface area contributed by atoms with E-state index in [-0.39, 0.29) is 0 Å². The molecule has 0 bridgehead atoms. The summed E-state index contributed by atoms with van der Waals surface area (Å²) in [7, 11) is 1.57. The number of benzene rings is 2. The van der Waals surface area contributed by atoms with Gasteiger partial charge in [-0.05, 0) is 17.0 Å². The molecule has 0 saturated carbocycles. The molecule has 1 aliphatic rings. The van der Waals surface area contributed by atoms with Crippen molar-refractivity contribution in [3.63, 3.8) is 0 Å². The van der Waals surface area contributed by atoms with Crippen LogP contribution in [0.15, 0.2) is 36.4 Å². The summed E-state index contributed by atoms with van der Waals surface area (Å²) >= 11 is 0. The van der Waals surface area contributed by atoms with E-state index in [9.17, 15) is 13.9 Å². The number of aliphatic hydroxyl groups is 1. The van der Waals surface area contributed by atoms with Gasteiger partial charge in [0.25, 0.3) is 5.92 Å². The number of nitrogens with zero attached hydrogens (tertiary/aromatic N) is 1. The highest BCUT2D eigenvalue weighted by molar-refractivity contribution is 5.91. The Morgan fingerprint density at radius 1 is 1.17 bits per heavy atom. The number of hydrogen-bond donors (Lipinski definition) is 2. The Bertz CT molecular complexity index is 702. The van der Waals surface area contributed by atoms with Crippen LogP contribution in [0.5, 0.6) is 5.75 Å². The Morgan fingerprint density at radius 2 is 1.83 bits per heavy atom. The van der Waals surface area contributed by atoms with E-state index >= 15 is 0 Å². The predicted octanol–water partition coefficient (Wildman–Crippen LogP) is 2.42. The molecule has 0 unspecified atom stereocenters. The molecule has 1 saturated heterocycles. The normalized spacial score (nSPS) is 17.8. The zero-order valence-electron chi connectivity index (χ0n) is 13.6. The molecule has 2 N–H and O–H groups in total. The van der Waals surface area contributed by atoms with Gasteiger partial charge in [0.05, 0.1) is 7.11 Å². The summed E-state index contributed by atoms with van der Waals surface area (Å²) in [6.07, 6.45) is 0. The first-order chi connectivity index (χ1) is 11.6. The van der Waals surface area contributed by atoms with E-state index in [0.717, 1.165) is 10.8 Å². The molecule has 130 valence electrons. The minimum absolute atomic E-state index is 0.514. The third kappa shape index (κ3) is 3.09. The van der Waals surface area contributed by atoms with Crippen LogP contribution in [0.25, 0.3) is 10.8 Å². The number of methoxy groups -OCH3 is 1. The van der Waals surface area contributed by atoms with Gasteiger partial charge >= 0.3 is 0 Å². The van der Waals surface area contributed by atoms with Crippen LogP contribution in [0.4, 0.5) is 8.78 Å². The van der Waals surface area contributed by atoms with Crippen molar-refractivity contribution in [3.8, 4) is 5.75 Å². The molecule has 0 radical (unpaired) electrons. The number of nitrogens with one attached hydrogen (secondary N) is 1. The van der Waals surface area contributed by atoms with Crippen molar-refractivity contribution in [3.05, 3.63) is 42.0 Å². The number of halogens is 2. The molecule has 1 heterocycles. The first-order valence-electron chi connectivity index (χ1n) is 8.07. The third-order valence-electron chi connectivity index (χ3n) is 4.56. The number of piperazine rings is 1. The molecular weight excluding hydrogens is 314 g/mol. The summed E-state index contributed by atoms with van der Waals surface area (Å²) in [5.41, 5.74) is 0.521. The van der Waals surface area contributed by atoms with Crippen molar-refractivity contribution in [1.29, 1.82) is 0 Å². The SMILES string of the molecule is COc1ccc([C@H](N2CCNCC2)C(F)(F)CO)c2ccccc12. The summed E-state index contributed by atoms with van der Waals surface area (Å²) in [6, 6.07) is 9.63. The van der Waals surface area contributed by atoms with Gasteiger partial charge in [0.2, 0.25) is 0 Å². The lowest BCUT2D eigenvalue weighted by Crippen LogP contribution is -2.51. The van der Waals surface area contributed by atoms with E-state index in [1.165, 1.54) is 0 Å². The van der Waals surface area contributed by atoms with Crippen LogP contribution in [0.1, 0.15) is 11.6 Å². The number of aliphatic hydroxyl groups excluding tert-OH is 1. The molecule has 3 rings (SSSR count). The largest absolute Gasteiger partial charge is 0.496 e. The second-order valence-corrected chi connectivity index (χ2v) is 6.01. The van der Waals surface area contributed by atoms with Crippen molar-refractivity contribution in [2.75, 3.05) is 39.9 Å². The van der Waals surface area contributed by atoms with Gasteiger partial charge in [-0.1, -0.05) is 30.3 Å². The summed E-state index contributed by atoms with van der Waals surface area (Å²) in [4.78, 5) is 1.75. The van der Waals surface area contributed by atoms with E-state index < -0.39 is 18.6 Å². The number of fused-ring (bicyclic) bond motifs is 1. The van der Waals surface area contributed by atoms with E-state index in [1.54, 1.807) is 24.1 Å². The first kappa shape index (κ1) is 17.1. The maximum atomic E-state index is 14.7. The molecule has 2 aromatic rings. The van der Waals surface area contributed by atoms with Crippen molar-refractivity contribution in [2.45, 2.75) is 12.0 Å². The molecule has 0 aliphatic carbocycles. The van der Waals surface area contributed by atoms with E-state index in [4.69, 9.17) is 4.74 Å². The predicted molar refractivity (Wildman–Crippen MR) is 89.7 cm³/mol. The minimum Gasteiger partial charge on any atom is -0.496 e. The summed E-state index contributed by atoms with van der Waals surface area (Å²) in [6.45, 7) is 1.17. The lowest BCUT2D eigenvalue weighted by molar-refractivity contribution is -0.118. The first-order valence-corrected chi connectivity index (χ1v) is 8.07. The van der Waals surface area contributed by atoms with Gasteiger partial charge in [0, 0.05) is 31.6 Å². The second-order valence-electron chi connectivity index (χ2n) is 6.01. The molecule has 0 aromatic heterocycles. The summed E-state index contributed by atoms with van der Waals surface area (Å²) < 4.78 is 34.7. The maximum absolute atomic E-state index is 14.7. The number of hydrogen-bond acceptors (Lipinski definition) is 4. The molecule has 4 nitrogen and oxygen atoms in total. The van der Waals surface area contributed by atoms with Gasteiger partial charge in [-0.2, -0.15) is 0 Å². The van der Waals surface area contributed by atoms with Crippen LogP contribution in [-0.2, 0) is 0 Å². The lowest BCUT2D eigenvalue weighted by atomic mass is 9.92. The zero-order valence-corrected chi connectivity index (χ0v) is 13.6. The van der Waals surface area contributed by atoms with Gasteiger partial charge in [-0.15, -0.1) is 0 Å². The highest BCUT2D eigenvalue weighted by Gasteiger charge is 2.44. The van der Waals surface area contributed by atoms with E-state index in [1.807, 2.05) is 24.3 Å². The van der Waals surface area contributed by atoms with E-state index in [0.29, 0.717) is 37.5 Å². The fourth-order valence-corrected chi connectivity index (χ4v) is 3.43. The van der Waals surface area contributed by atoms with Gasteiger partial charge in [-0.3, -0.25) is 4.90 Å². The van der Waals surface area contributed by atoms with Crippen molar-refractivity contribution < 1.29 is 18.6 Å². The molecule has 1 aliphatic heterocycles. The van der Waals surface area contributed by atoms with Crippen LogP contribution in [-0.4, -0.2) is 55.8 Å². The van der Waals surface area contributed by atoms with Gasteiger partial charge in [-0.25, -0.2) is 8.78 Å². The van der Waals surface area contributed by atoms with Crippen LogP contribution in [0, 0.1) is 0 Å². The summed E-state index contributed by atoms with van der Waals surface area (Å²) in [5.74, 6) is -2.57. The highest BCUT2D eigenvalue weighted by Crippen LogP contribution is 2.41. The minimum atomic E-state index is -3.23. The topological polar surface area (TPSA) is 44.7 Å². The smallest absolute Gasteiger partial charge is 0.289 e. The van der Waals surface area contributed by atoms with Crippen molar-refractivity contribution in [1.82, 2.24) is 10.2 Å². The number of alkyl halides is 2. The summed E-state index contributed by atoms with van der Waals surface area (Å²) in [5, 5.41) is 14.0. The van der Waals surface area contributed by atoms with Crippen molar-refractivity contribution >= 4 is 10.8 Å². The lowest BCUT2D eigenvalue weighted by Gasteiger charge is -2.39. The average Bonchev–Trinajstić information content (AvgIpc) is 2.63. The van der Waals surface area contributed by atoms with Gasteiger partial charge in [0.1, 0.15) is 18.4 Å². The molecule has 0 spiro atoms. The number of rotatable bonds is 5. The standard InChI is InChI=1S/C18H22F2N2O2/c1-24-16-7-6-15(13-4-2-3-5-14(13)16)17(18(19,20)12-23)22-10-8-21-9-11-22/h2-7,17,21,23H,8-12H2,1H3/t17-/m0/s1. The fraction of sp³-hybridized carbons (Fsp3) is 0.444. The molecule has 24 heavy (non-hydrogen) atoms. The Kier molecular flexibility index (Phi) is 4.99.